The predicted octanol–water partition coefficient (Wildman–Crippen LogP) is 0.968. The third-order valence-corrected chi connectivity index (χ3v) is 3.37. The molecule has 1 saturated heterocycles. The molecule has 1 aliphatic heterocycles. The van der Waals surface area contributed by atoms with E-state index in [1.807, 2.05) is 24.3 Å². The lowest BCUT2D eigenvalue weighted by Gasteiger charge is -2.34. The molecule has 0 radical (unpaired) electrons. The Kier molecular flexibility index (Phi) is 3.33. The number of nitrogens with two attached hydrogens (primary N) is 1. The summed E-state index contributed by atoms with van der Waals surface area (Å²) in [4.78, 5) is 13.4. The molecule has 1 aromatic rings. The molecular formula is C13H18N2O2. The van der Waals surface area contributed by atoms with Gasteiger partial charge >= 0.3 is 0 Å². The van der Waals surface area contributed by atoms with Gasteiger partial charge in [-0.15, -0.1) is 0 Å². The highest BCUT2D eigenvalue weighted by Crippen LogP contribution is 2.28. The summed E-state index contributed by atoms with van der Waals surface area (Å²) in [5, 5.41) is 0. The number of piperidine rings is 1. The summed E-state index contributed by atoms with van der Waals surface area (Å²) in [6, 6.07) is 7.80. The van der Waals surface area contributed by atoms with Crippen LogP contribution in [0.1, 0.15) is 17.9 Å². The molecule has 0 saturated carbocycles. The fourth-order valence-corrected chi connectivity index (χ4v) is 2.26. The summed E-state index contributed by atoms with van der Waals surface area (Å²) in [5.41, 5.74) is 7.22. The van der Waals surface area contributed by atoms with Gasteiger partial charge in [-0.3, -0.25) is 4.79 Å². The average molecular weight is 234 g/mol. The molecule has 0 unspecified atom stereocenters. The lowest BCUT2D eigenvalue weighted by Crippen LogP contribution is -2.48. The molecule has 1 amide bonds. The summed E-state index contributed by atoms with van der Waals surface area (Å²) in [5.74, 6) is 1.10. The van der Waals surface area contributed by atoms with E-state index in [2.05, 4.69) is 0 Å². The van der Waals surface area contributed by atoms with Crippen LogP contribution in [0.2, 0.25) is 0 Å². The van der Waals surface area contributed by atoms with E-state index in [0.29, 0.717) is 13.0 Å². The third kappa shape index (κ3) is 2.42. The molecule has 1 aliphatic rings. The number of nitrogens with zero attached hydrogens (tertiary/aromatic N) is 1. The molecule has 0 aromatic heterocycles. The van der Waals surface area contributed by atoms with Crippen LogP contribution in [0.15, 0.2) is 24.3 Å². The molecule has 2 atom stereocenters. The number of ether oxygens (including phenoxy) is 1. The summed E-state index contributed by atoms with van der Waals surface area (Å²) in [7, 11) is 3.44. The topological polar surface area (TPSA) is 55.6 Å². The normalized spacial score (nSPS) is 24.9. The molecule has 92 valence electrons. The molecule has 0 spiro atoms. The van der Waals surface area contributed by atoms with Crippen LogP contribution in [0.4, 0.5) is 0 Å². The van der Waals surface area contributed by atoms with Crippen molar-refractivity contribution in [3.8, 4) is 5.75 Å². The van der Waals surface area contributed by atoms with Gasteiger partial charge in [0.15, 0.2) is 0 Å². The molecular weight excluding hydrogens is 216 g/mol. The second-order valence-electron chi connectivity index (χ2n) is 4.52. The molecule has 2 rings (SSSR count). The number of benzene rings is 1. The lowest BCUT2D eigenvalue weighted by molar-refractivity contribution is -0.132. The maximum absolute atomic E-state index is 11.7. The number of likely N-dealkylation sites (N-methyl/N-ethyl adjacent to an activating group) is 1. The van der Waals surface area contributed by atoms with Crippen LogP contribution in [0.5, 0.6) is 5.75 Å². The number of hydrogen-bond acceptors (Lipinski definition) is 3. The Morgan fingerprint density at radius 1 is 1.35 bits per heavy atom. The maximum Gasteiger partial charge on any atom is 0.223 e. The number of amides is 1. The standard InChI is InChI=1S/C13H18N2O2/c1-15-8-12(14)11(7-13(15)16)9-3-5-10(17-2)6-4-9/h3-6,11-12H,7-8,14H2,1-2H3/t11-,12+/m0/s1. The van der Waals surface area contributed by atoms with Crippen molar-refractivity contribution >= 4 is 5.91 Å². The van der Waals surface area contributed by atoms with Crippen molar-refractivity contribution in [1.82, 2.24) is 4.90 Å². The van der Waals surface area contributed by atoms with E-state index in [9.17, 15) is 4.79 Å². The zero-order valence-electron chi connectivity index (χ0n) is 10.2. The van der Waals surface area contributed by atoms with Crippen LogP contribution in [0.3, 0.4) is 0 Å². The highest BCUT2D eigenvalue weighted by atomic mass is 16.5. The van der Waals surface area contributed by atoms with Gasteiger partial charge in [0.2, 0.25) is 5.91 Å². The van der Waals surface area contributed by atoms with Gasteiger partial charge in [0.25, 0.3) is 0 Å². The summed E-state index contributed by atoms with van der Waals surface area (Å²) < 4.78 is 5.12. The van der Waals surface area contributed by atoms with Gasteiger partial charge in [-0.1, -0.05) is 12.1 Å². The molecule has 1 aromatic carbocycles. The summed E-state index contributed by atoms with van der Waals surface area (Å²) in [6.07, 6.45) is 0.490. The predicted molar refractivity (Wildman–Crippen MR) is 66.0 cm³/mol. The van der Waals surface area contributed by atoms with Crippen molar-refractivity contribution in [2.45, 2.75) is 18.4 Å². The van der Waals surface area contributed by atoms with Crippen molar-refractivity contribution in [2.75, 3.05) is 20.7 Å². The number of carbonyl (C=O) groups is 1. The smallest absolute Gasteiger partial charge is 0.223 e. The molecule has 1 heterocycles. The average Bonchev–Trinajstić information content (AvgIpc) is 2.34. The number of likely N-dealkylation sites (tertiary alicyclic amines) is 1. The van der Waals surface area contributed by atoms with Gasteiger partial charge in [-0.05, 0) is 17.7 Å². The number of hydrogen-bond donors (Lipinski definition) is 1. The maximum atomic E-state index is 11.7. The Bertz CT molecular complexity index is 402. The molecule has 2 N–H and O–H groups in total. The first-order valence-electron chi connectivity index (χ1n) is 5.75. The van der Waals surface area contributed by atoms with E-state index in [-0.39, 0.29) is 17.9 Å². The van der Waals surface area contributed by atoms with E-state index >= 15 is 0 Å². The Hall–Kier alpha value is -1.55. The Balaban J connectivity index is 2.17. The third-order valence-electron chi connectivity index (χ3n) is 3.37. The highest BCUT2D eigenvalue weighted by molar-refractivity contribution is 5.78. The van der Waals surface area contributed by atoms with Gasteiger partial charge < -0.3 is 15.4 Å². The van der Waals surface area contributed by atoms with Gasteiger partial charge in [0, 0.05) is 32.0 Å². The summed E-state index contributed by atoms with van der Waals surface area (Å²) in [6.45, 7) is 0.621. The minimum Gasteiger partial charge on any atom is -0.497 e. The zero-order valence-corrected chi connectivity index (χ0v) is 10.2. The molecule has 0 bridgehead atoms. The van der Waals surface area contributed by atoms with E-state index < -0.39 is 0 Å². The lowest BCUT2D eigenvalue weighted by atomic mass is 9.85. The SMILES string of the molecule is COc1ccc([C@@H]2CC(=O)N(C)C[C@H]2N)cc1. The fourth-order valence-electron chi connectivity index (χ4n) is 2.26. The zero-order chi connectivity index (χ0) is 12.4. The van der Waals surface area contributed by atoms with Crippen LogP contribution < -0.4 is 10.5 Å². The Morgan fingerprint density at radius 2 is 2.00 bits per heavy atom. The van der Waals surface area contributed by atoms with Crippen LogP contribution >= 0.6 is 0 Å². The molecule has 4 nitrogen and oxygen atoms in total. The van der Waals surface area contributed by atoms with Crippen LogP contribution in [-0.4, -0.2) is 37.6 Å². The van der Waals surface area contributed by atoms with Gasteiger partial charge in [0.1, 0.15) is 5.75 Å². The Morgan fingerprint density at radius 3 is 2.59 bits per heavy atom. The molecule has 4 heteroatoms. The van der Waals surface area contributed by atoms with Crippen LogP contribution in [0.25, 0.3) is 0 Å². The van der Waals surface area contributed by atoms with Crippen LogP contribution in [-0.2, 0) is 4.79 Å². The minimum atomic E-state index is 0.00564. The first-order valence-corrected chi connectivity index (χ1v) is 5.75. The number of rotatable bonds is 2. The van der Waals surface area contributed by atoms with Crippen molar-refractivity contribution in [1.29, 1.82) is 0 Å². The summed E-state index contributed by atoms with van der Waals surface area (Å²) >= 11 is 0. The number of methoxy groups -OCH3 is 1. The molecule has 0 aliphatic carbocycles. The highest BCUT2D eigenvalue weighted by Gasteiger charge is 2.30. The molecule has 17 heavy (non-hydrogen) atoms. The van der Waals surface area contributed by atoms with Crippen molar-refractivity contribution in [3.05, 3.63) is 29.8 Å². The van der Waals surface area contributed by atoms with Crippen molar-refractivity contribution in [2.24, 2.45) is 5.73 Å². The van der Waals surface area contributed by atoms with E-state index in [0.717, 1.165) is 11.3 Å². The first-order chi connectivity index (χ1) is 8.11. The van der Waals surface area contributed by atoms with Crippen molar-refractivity contribution < 1.29 is 9.53 Å². The molecule has 1 fully saturated rings. The largest absolute Gasteiger partial charge is 0.497 e. The second-order valence-corrected chi connectivity index (χ2v) is 4.52. The monoisotopic (exact) mass is 234 g/mol. The first kappa shape index (κ1) is 11.9. The van der Waals surface area contributed by atoms with Gasteiger partial charge in [-0.25, -0.2) is 0 Å². The van der Waals surface area contributed by atoms with Crippen molar-refractivity contribution in [3.63, 3.8) is 0 Å². The van der Waals surface area contributed by atoms with E-state index in [1.54, 1.807) is 19.1 Å². The quantitative estimate of drug-likeness (QED) is 0.829. The number of carbonyl (C=O) groups excluding carboxylic acids is 1. The van der Waals surface area contributed by atoms with E-state index in [1.165, 1.54) is 0 Å². The van der Waals surface area contributed by atoms with Gasteiger partial charge in [0.05, 0.1) is 7.11 Å². The minimum absolute atomic E-state index is 0.00564. The van der Waals surface area contributed by atoms with Crippen LogP contribution in [0, 0.1) is 0 Å². The van der Waals surface area contributed by atoms with Gasteiger partial charge in [-0.2, -0.15) is 0 Å². The Labute approximate surface area is 101 Å². The van der Waals surface area contributed by atoms with E-state index in [4.69, 9.17) is 10.5 Å². The fraction of sp³-hybridized carbons (Fsp3) is 0.462. The second kappa shape index (κ2) is 4.75.